The molecule has 1 N–H and O–H groups in total. The Labute approximate surface area is 139 Å². The summed E-state index contributed by atoms with van der Waals surface area (Å²) in [5, 5.41) is 14.4. The number of halogens is 2. The van der Waals surface area contributed by atoms with Crippen molar-refractivity contribution in [3.63, 3.8) is 0 Å². The molecule has 22 heavy (non-hydrogen) atoms. The van der Waals surface area contributed by atoms with Crippen molar-refractivity contribution < 1.29 is 9.72 Å². The molecule has 0 heterocycles. The van der Waals surface area contributed by atoms with E-state index in [1.54, 1.807) is 36.4 Å². The first-order valence-electron chi connectivity index (χ1n) is 6.02. The molecule has 0 amide bonds. The highest BCUT2D eigenvalue weighted by molar-refractivity contribution is 9.18. The fourth-order valence-electron chi connectivity index (χ4n) is 1.70. The maximum absolute atomic E-state index is 12.5. The average Bonchev–Trinajstić information content (AvgIpc) is 2.52. The van der Waals surface area contributed by atoms with Gasteiger partial charge in [-0.2, -0.15) is 5.43 Å². The van der Waals surface area contributed by atoms with Gasteiger partial charge in [-0.1, -0.05) is 41.9 Å². The molecule has 112 valence electrons. The topological polar surface area (TPSA) is 84.6 Å². The number of hydrazone groups is 1. The van der Waals surface area contributed by atoms with Gasteiger partial charge < -0.3 is 10.1 Å². The minimum absolute atomic E-state index is 0.243. The van der Waals surface area contributed by atoms with Crippen LogP contribution >= 0.6 is 27.5 Å². The molecule has 0 fully saturated rings. The summed E-state index contributed by atoms with van der Waals surface area (Å²) < 4.78 is -0.509. The molecule has 0 aliphatic rings. The van der Waals surface area contributed by atoms with Crippen LogP contribution in [0.4, 0.5) is 5.69 Å². The Morgan fingerprint density at radius 1 is 1.23 bits per heavy atom. The van der Waals surface area contributed by atoms with E-state index in [0.717, 1.165) is 0 Å². The zero-order valence-corrected chi connectivity index (χ0v) is 13.3. The van der Waals surface area contributed by atoms with Crippen LogP contribution in [0, 0.1) is 10.1 Å². The number of amidine groups is 1. The Morgan fingerprint density at radius 2 is 1.91 bits per heavy atom. The van der Waals surface area contributed by atoms with Gasteiger partial charge in [-0.05, 0) is 23.1 Å². The first kappa shape index (κ1) is 16.1. The van der Waals surface area contributed by atoms with Gasteiger partial charge in [0, 0.05) is 16.1 Å². The van der Waals surface area contributed by atoms with Crippen molar-refractivity contribution in [1.82, 2.24) is 0 Å². The molecule has 0 spiro atoms. The van der Waals surface area contributed by atoms with Crippen molar-refractivity contribution in [2.75, 3.05) is 5.43 Å². The lowest BCUT2D eigenvalue weighted by atomic mass is 10.0. The number of hydrogen-bond donors (Lipinski definition) is 1. The van der Waals surface area contributed by atoms with Crippen LogP contribution in [0.15, 0.2) is 53.6 Å². The minimum Gasteiger partial charge on any atom is -0.357 e. The smallest absolute Gasteiger partial charge is 0.357 e. The Hall–Kier alpha value is -2.25. The second-order valence-corrected chi connectivity index (χ2v) is 5.28. The Kier molecular flexibility index (Phi) is 5.24. The third kappa shape index (κ3) is 3.90. The molecule has 0 unspecified atom stereocenters. The fourth-order valence-corrected chi connectivity index (χ4v) is 1.96. The van der Waals surface area contributed by atoms with E-state index in [4.69, 9.17) is 11.6 Å². The fraction of sp³-hybridized carbons (Fsp3) is 0. The maximum atomic E-state index is 12.5. The van der Waals surface area contributed by atoms with Gasteiger partial charge in [0.2, 0.25) is 0 Å². The van der Waals surface area contributed by atoms with Crippen molar-refractivity contribution in [3.8, 4) is 0 Å². The number of nitrogens with one attached hydrogen (secondary N) is 1. The number of carbonyl (C=O) groups excluding carboxylic acids is 1. The lowest BCUT2D eigenvalue weighted by molar-refractivity contribution is -0.342. The molecule has 2 rings (SSSR count). The lowest BCUT2D eigenvalue weighted by Gasteiger charge is -2.06. The monoisotopic (exact) mass is 381 g/mol. The summed E-state index contributed by atoms with van der Waals surface area (Å²) in [6, 6.07) is 13.2. The van der Waals surface area contributed by atoms with Crippen LogP contribution in [0.2, 0.25) is 5.02 Å². The summed E-state index contributed by atoms with van der Waals surface area (Å²) in [4.78, 5) is 22.3. The van der Waals surface area contributed by atoms with E-state index in [2.05, 4.69) is 26.5 Å². The van der Waals surface area contributed by atoms with E-state index < -0.39 is 9.67 Å². The molecule has 0 saturated carbocycles. The van der Waals surface area contributed by atoms with Crippen LogP contribution in [0.25, 0.3) is 0 Å². The third-order valence-electron chi connectivity index (χ3n) is 2.68. The largest absolute Gasteiger partial charge is 0.430 e. The molecule has 2 aromatic carbocycles. The normalized spacial score (nSPS) is 11.1. The van der Waals surface area contributed by atoms with E-state index in [0.29, 0.717) is 16.1 Å². The summed E-state index contributed by atoms with van der Waals surface area (Å²) in [5.41, 5.74) is 3.56. The highest BCUT2D eigenvalue weighted by Gasteiger charge is 2.16. The highest BCUT2D eigenvalue weighted by Crippen LogP contribution is 2.24. The summed E-state index contributed by atoms with van der Waals surface area (Å²) in [5.74, 6) is -0.243. The molecule has 0 aromatic heterocycles. The number of ketones is 1. The maximum Gasteiger partial charge on any atom is 0.430 e. The van der Waals surface area contributed by atoms with E-state index in [1.165, 1.54) is 12.1 Å². The molecule has 0 radical (unpaired) electrons. The van der Waals surface area contributed by atoms with Gasteiger partial charge in [0.05, 0.1) is 26.7 Å². The van der Waals surface area contributed by atoms with Gasteiger partial charge in [-0.15, -0.1) is 0 Å². The van der Waals surface area contributed by atoms with Crippen LogP contribution in [-0.2, 0) is 0 Å². The van der Waals surface area contributed by atoms with Gasteiger partial charge in [-0.3, -0.25) is 4.79 Å². The number of benzene rings is 2. The molecular formula is C14H9BrClN3O3. The van der Waals surface area contributed by atoms with Crippen molar-refractivity contribution in [1.29, 1.82) is 0 Å². The van der Waals surface area contributed by atoms with Gasteiger partial charge in [-0.25, -0.2) is 0 Å². The first-order valence-corrected chi connectivity index (χ1v) is 7.19. The molecule has 0 aliphatic heterocycles. The average molecular weight is 383 g/mol. The molecule has 0 saturated heterocycles. The summed E-state index contributed by atoms with van der Waals surface area (Å²) in [6.45, 7) is 0. The quantitative estimate of drug-likeness (QED) is 0.217. The summed E-state index contributed by atoms with van der Waals surface area (Å²) in [7, 11) is 0. The van der Waals surface area contributed by atoms with Crippen LogP contribution in [0.5, 0.6) is 0 Å². The van der Waals surface area contributed by atoms with Crippen molar-refractivity contribution >= 4 is 43.7 Å². The second-order valence-electron chi connectivity index (χ2n) is 4.13. The second kappa shape index (κ2) is 7.15. The number of hydrogen-bond acceptors (Lipinski definition) is 5. The standard InChI is InChI=1S/C14H9BrClN3O3/c15-14(19(21)22)18-17-12-8-10(16)6-7-11(12)13(20)9-4-2-1-3-5-9/h1-8,17H/b18-14-. The van der Waals surface area contributed by atoms with Crippen molar-refractivity contribution in [3.05, 3.63) is 74.8 Å². The Bertz CT molecular complexity index is 750. The SMILES string of the molecule is O=C(c1ccccc1)c1ccc(Cl)cc1N/N=C(/Br)[N+](=O)[O-]. The number of carbonyl (C=O) groups is 1. The first-order chi connectivity index (χ1) is 10.5. The van der Waals surface area contributed by atoms with E-state index in [1.807, 2.05) is 0 Å². The number of nitro groups is 1. The molecule has 0 atom stereocenters. The Morgan fingerprint density at radius 3 is 2.55 bits per heavy atom. The van der Waals surface area contributed by atoms with Crippen molar-refractivity contribution in [2.45, 2.75) is 0 Å². The highest BCUT2D eigenvalue weighted by atomic mass is 79.9. The lowest BCUT2D eigenvalue weighted by Crippen LogP contribution is -2.09. The molecule has 0 bridgehead atoms. The van der Waals surface area contributed by atoms with Crippen LogP contribution < -0.4 is 5.43 Å². The molecular weight excluding hydrogens is 374 g/mol. The van der Waals surface area contributed by atoms with Crippen molar-refractivity contribution in [2.24, 2.45) is 5.10 Å². The molecule has 0 aliphatic carbocycles. The van der Waals surface area contributed by atoms with Crippen LogP contribution in [0.3, 0.4) is 0 Å². The van der Waals surface area contributed by atoms with E-state index in [9.17, 15) is 14.9 Å². The summed E-state index contributed by atoms with van der Waals surface area (Å²) >= 11 is 8.60. The van der Waals surface area contributed by atoms with E-state index in [-0.39, 0.29) is 11.5 Å². The number of rotatable bonds is 4. The predicted octanol–water partition coefficient (Wildman–Crippen LogP) is 3.93. The molecule has 8 heteroatoms. The predicted molar refractivity (Wildman–Crippen MR) is 88.3 cm³/mol. The number of nitrogens with zero attached hydrogens (tertiary/aromatic N) is 2. The zero-order valence-electron chi connectivity index (χ0n) is 11.0. The van der Waals surface area contributed by atoms with Crippen LogP contribution in [-0.4, -0.2) is 15.5 Å². The van der Waals surface area contributed by atoms with Gasteiger partial charge in [0.1, 0.15) is 0 Å². The van der Waals surface area contributed by atoms with Gasteiger partial charge >= 0.3 is 4.74 Å². The Balaban J connectivity index is 2.38. The van der Waals surface area contributed by atoms with E-state index >= 15 is 0 Å². The number of anilines is 1. The third-order valence-corrected chi connectivity index (χ3v) is 3.38. The van der Waals surface area contributed by atoms with Gasteiger partial charge in [0.25, 0.3) is 0 Å². The van der Waals surface area contributed by atoms with Crippen LogP contribution in [0.1, 0.15) is 15.9 Å². The molecule has 2 aromatic rings. The zero-order chi connectivity index (χ0) is 16.1. The molecule has 6 nitrogen and oxygen atoms in total. The van der Waals surface area contributed by atoms with Gasteiger partial charge in [0.15, 0.2) is 5.78 Å². The minimum atomic E-state index is -0.712. The summed E-state index contributed by atoms with van der Waals surface area (Å²) in [6.07, 6.45) is 0.